The van der Waals surface area contributed by atoms with Gasteiger partial charge in [-0.05, 0) is 69.6 Å². The molecule has 0 radical (unpaired) electrons. The van der Waals surface area contributed by atoms with Gasteiger partial charge in [-0.3, -0.25) is 23.7 Å². The maximum atomic E-state index is 13.4. The third kappa shape index (κ3) is 6.07. The SMILES string of the molecule is CC1C(O)C2C=CC=CC2CN1[C@@H]1CCCN(C(C)(O)Nc2ccc3c(c2)c(=O)n(CC2CC2)c(=O)n3CC(F)(F)F)C1. The zero-order valence-corrected chi connectivity index (χ0v) is 24.5. The van der Waals surface area contributed by atoms with E-state index in [4.69, 9.17) is 0 Å². The van der Waals surface area contributed by atoms with E-state index in [1.54, 1.807) is 6.92 Å². The van der Waals surface area contributed by atoms with Crippen LogP contribution in [0, 0.1) is 17.8 Å². The average molecular weight is 604 g/mol. The quantitative estimate of drug-likeness (QED) is 0.418. The van der Waals surface area contributed by atoms with E-state index < -0.39 is 35.9 Å². The molecule has 4 aliphatic rings. The first-order valence-corrected chi connectivity index (χ1v) is 15.2. The van der Waals surface area contributed by atoms with Gasteiger partial charge >= 0.3 is 11.9 Å². The maximum absolute atomic E-state index is 13.4. The number of piperidine rings is 2. The van der Waals surface area contributed by atoms with E-state index in [2.05, 4.69) is 22.4 Å². The highest BCUT2D eigenvalue weighted by atomic mass is 19.4. The number of likely N-dealkylation sites (tertiary alicyclic amines) is 2. The largest absolute Gasteiger partial charge is 0.406 e. The van der Waals surface area contributed by atoms with Crippen molar-refractivity contribution in [2.24, 2.45) is 17.8 Å². The topological polar surface area (TPSA) is 103 Å². The number of aliphatic hydroxyl groups excluding tert-OH is 1. The van der Waals surface area contributed by atoms with E-state index in [1.807, 2.05) is 24.0 Å². The number of aromatic nitrogens is 2. The van der Waals surface area contributed by atoms with Gasteiger partial charge in [0.2, 0.25) is 0 Å². The van der Waals surface area contributed by atoms with Gasteiger partial charge in [0.05, 0.1) is 17.0 Å². The number of halogens is 3. The van der Waals surface area contributed by atoms with Crippen LogP contribution < -0.4 is 16.6 Å². The fourth-order valence-electron chi connectivity index (χ4n) is 7.16. The second-order valence-corrected chi connectivity index (χ2v) is 12.9. The summed E-state index contributed by atoms with van der Waals surface area (Å²) in [5, 5.41) is 25.8. The minimum atomic E-state index is -4.64. The summed E-state index contributed by atoms with van der Waals surface area (Å²) in [7, 11) is 0. The van der Waals surface area contributed by atoms with Crippen molar-refractivity contribution in [3.8, 4) is 0 Å². The lowest BCUT2D eigenvalue weighted by Gasteiger charge is -2.52. The molecule has 5 unspecified atom stereocenters. The van der Waals surface area contributed by atoms with Gasteiger partial charge in [0.15, 0.2) is 5.85 Å². The zero-order chi connectivity index (χ0) is 30.7. The van der Waals surface area contributed by atoms with Gasteiger partial charge in [-0.15, -0.1) is 0 Å². The summed E-state index contributed by atoms with van der Waals surface area (Å²) in [4.78, 5) is 30.6. The number of aliphatic hydroxyl groups is 2. The predicted octanol–water partition coefficient (Wildman–Crippen LogP) is 3.10. The standard InChI is InChI=1S/C31H40F3N5O4/c1-19-27(40)24-8-4-3-6-21(24)16-37(19)23-7-5-13-36(17-23)30(2,43)35-22-11-12-26-25(14-22)28(41)38(15-20-9-10-20)29(42)39(26)18-31(32,33)34/h3-4,6,8,11-12,14,19-21,23-24,27,35,40,43H,5,7,9-10,13,15-18H2,1-2H3/t19?,21?,23-,24?,27?,30?/m1/s1. The lowest BCUT2D eigenvalue weighted by molar-refractivity contribution is -0.140. The van der Waals surface area contributed by atoms with Gasteiger partial charge in [-0.25, -0.2) is 4.79 Å². The number of alkyl halides is 3. The Morgan fingerprint density at radius 2 is 1.79 bits per heavy atom. The summed E-state index contributed by atoms with van der Waals surface area (Å²) in [5.74, 6) is -1.11. The Hall–Kier alpha value is -2.93. The molecule has 2 saturated heterocycles. The summed E-state index contributed by atoms with van der Waals surface area (Å²) in [6, 6.07) is 4.31. The molecule has 234 valence electrons. The number of benzene rings is 1. The second-order valence-electron chi connectivity index (χ2n) is 12.9. The normalized spacial score (nSPS) is 29.9. The van der Waals surface area contributed by atoms with Crippen molar-refractivity contribution in [3.63, 3.8) is 0 Å². The van der Waals surface area contributed by atoms with Crippen LogP contribution in [0.25, 0.3) is 10.9 Å². The fourth-order valence-corrected chi connectivity index (χ4v) is 7.16. The molecule has 3 N–H and O–H groups in total. The molecular weight excluding hydrogens is 563 g/mol. The molecule has 6 atom stereocenters. The van der Waals surface area contributed by atoms with Crippen LogP contribution in [0.3, 0.4) is 0 Å². The molecule has 12 heteroatoms. The minimum Gasteiger partial charge on any atom is -0.391 e. The van der Waals surface area contributed by atoms with Crippen molar-refractivity contribution in [3.05, 3.63) is 63.3 Å². The van der Waals surface area contributed by atoms with Crippen molar-refractivity contribution in [2.45, 2.75) is 82.8 Å². The summed E-state index contributed by atoms with van der Waals surface area (Å²) < 4.78 is 41.8. The molecule has 2 aliphatic heterocycles. The van der Waals surface area contributed by atoms with Crippen LogP contribution in [0.1, 0.15) is 39.5 Å². The van der Waals surface area contributed by atoms with Crippen LogP contribution >= 0.6 is 0 Å². The van der Waals surface area contributed by atoms with E-state index in [-0.39, 0.29) is 47.3 Å². The Morgan fingerprint density at radius 3 is 2.51 bits per heavy atom. The molecule has 6 rings (SSSR count). The molecule has 0 bridgehead atoms. The molecule has 3 heterocycles. The first-order valence-electron chi connectivity index (χ1n) is 15.2. The van der Waals surface area contributed by atoms with E-state index >= 15 is 0 Å². The predicted molar refractivity (Wildman–Crippen MR) is 158 cm³/mol. The number of rotatable bonds is 7. The van der Waals surface area contributed by atoms with Crippen LogP contribution in [0.5, 0.6) is 0 Å². The van der Waals surface area contributed by atoms with E-state index in [1.165, 1.54) is 18.2 Å². The van der Waals surface area contributed by atoms with Gasteiger partial charge in [0, 0.05) is 49.9 Å². The van der Waals surface area contributed by atoms with Gasteiger partial charge in [0.1, 0.15) is 6.54 Å². The molecule has 0 amide bonds. The Kier molecular flexibility index (Phi) is 7.85. The summed E-state index contributed by atoms with van der Waals surface area (Å²) in [5.41, 5.74) is -1.33. The van der Waals surface area contributed by atoms with Crippen molar-refractivity contribution in [1.82, 2.24) is 18.9 Å². The van der Waals surface area contributed by atoms with Gasteiger partial charge < -0.3 is 15.5 Å². The Bertz CT molecular complexity index is 1540. The second kappa shape index (κ2) is 11.2. The van der Waals surface area contributed by atoms with Gasteiger partial charge in [-0.1, -0.05) is 24.3 Å². The number of anilines is 1. The van der Waals surface area contributed by atoms with Gasteiger partial charge in [0.25, 0.3) is 5.56 Å². The molecule has 9 nitrogen and oxygen atoms in total. The lowest BCUT2D eigenvalue weighted by Crippen LogP contribution is -2.64. The van der Waals surface area contributed by atoms with Crippen molar-refractivity contribution < 1.29 is 23.4 Å². The first kappa shape index (κ1) is 30.1. The third-order valence-corrected chi connectivity index (χ3v) is 9.69. The van der Waals surface area contributed by atoms with E-state index in [0.717, 1.165) is 36.8 Å². The highest BCUT2D eigenvalue weighted by molar-refractivity contribution is 5.82. The highest BCUT2D eigenvalue weighted by Crippen LogP contribution is 2.36. The molecule has 43 heavy (non-hydrogen) atoms. The maximum Gasteiger partial charge on any atom is 0.406 e. The first-order chi connectivity index (χ1) is 20.3. The van der Waals surface area contributed by atoms with E-state index in [0.29, 0.717) is 23.3 Å². The van der Waals surface area contributed by atoms with Crippen molar-refractivity contribution in [1.29, 1.82) is 0 Å². The van der Waals surface area contributed by atoms with Crippen LogP contribution in [-0.4, -0.2) is 79.0 Å². The molecule has 1 aromatic carbocycles. The molecule has 1 aromatic heterocycles. The van der Waals surface area contributed by atoms with Gasteiger partial charge in [-0.2, -0.15) is 13.2 Å². The number of hydrogen-bond donors (Lipinski definition) is 3. The summed E-state index contributed by atoms with van der Waals surface area (Å²) in [6.45, 7) is 4.23. The number of allylic oxidation sites excluding steroid dienone is 2. The van der Waals surface area contributed by atoms with Crippen molar-refractivity contribution >= 4 is 16.6 Å². The zero-order valence-electron chi connectivity index (χ0n) is 24.5. The summed E-state index contributed by atoms with van der Waals surface area (Å²) in [6.07, 6.45) is 6.52. The number of nitrogens with one attached hydrogen (secondary N) is 1. The number of nitrogens with zero attached hydrogens (tertiary/aromatic N) is 4. The Balaban J connectivity index is 1.25. The van der Waals surface area contributed by atoms with Crippen LogP contribution in [-0.2, 0) is 13.1 Å². The van der Waals surface area contributed by atoms with Crippen LogP contribution in [0.15, 0.2) is 52.1 Å². The smallest absolute Gasteiger partial charge is 0.391 e. The molecular formula is C31H40F3N5O4. The minimum absolute atomic E-state index is 0.0120. The fraction of sp³-hybridized carbons (Fsp3) is 0.613. The molecule has 3 fully saturated rings. The summed E-state index contributed by atoms with van der Waals surface area (Å²) >= 11 is 0. The molecule has 0 spiro atoms. The number of hydrogen-bond acceptors (Lipinski definition) is 7. The average Bonchev–Trinajstić information content (AvgIpc) is 3.79. The van der Waals surface area contributed by atoms with Crippen LogP contribution in [0.4, 0.5) is 18.9 Å². The molecule has 2 aliphatic carbocycles. The van der Waals surface area contributed by atoms with E-state index in [9.17, 15) is 33.0 Å². The van der Waals surface area contributed by atoms with Crippen molar-refractivity contribution in [2.75, 3.05) is 25.0 Å². The Labute approximate surface area is 247 Å². The lowest BCUT2D eigenvalue weighted by atomic mass is 9.76. The molecule has 1 saturated carbocycles. The molecule has 2 aromatic rings. The third-order valence-electron chi connectivity index (χ3n) is 9.69. The number of fused-ring (bicyclic) bond motifs is 2. The highest BCUT2D eigenvalue weighted by Gasteiger charge is 2.44. The monoisotopic (exact) mass is 603 g/mol. The Morgan fingerprint density at radius 1 is 1.05 bits per heavy atom. The van der Waals surface area contributed by atoms with Crippen LogP contribution in [0.2, 0.25) is 0 Å².